The Bertz CT molecular complexity index is 638. The van der Waals surface area contributed by atoms with Crippen LogP contribution in [0.25, 0.3) is 0 Å². The van der Waals surface area contributed by atoms with E-state index in [9.17, 15) is 0 Å². The highest BCUT2D eigenvalue weighted by Crippen LogP contribution is 2.31. The van der Waals surface area contributed by atoms with Crippen molar-refractivity contribution in [2.45, 2.75) is 31.9 Å². The molecule has 23 heavy (non-hydrogen) atoms. The summed E-state index contributed by atoms with van der Waals surface area (Å²) in [5.74, 6) is 1.60. The zero-order valence-electron chi connectivity index (χ0n) is 13.4. The van der Waals surface area contributed by atoms with Crippen LogP contribution < -0.4 is 4.90 Å². The minimum Gasteiger partial charge on any atom is -0.468 e. The first kappa shape index (κ1) is 14.7. The van der Waals surface area contributed by atoms with Crippen LogP contribution in [-0.4, -0.2) is 53.5 Å². The van der Waals surface area contributed by atoms with Gasteiger partial charge in [-0.2, -0.15) is 0 Å². The summed E-state index contributed by atoms with van der Waals surface area (Å²) in [6.45, 7) is 6.96. The maximum absolute atomic E-state index is 6.21. The van der Waals surface area contributed by atoms with Gasteiger partial charge >= 0.3 is 6.01 Å². The summed E-state index contributed by atoms with van der Waals surface area (Å²) in [6, 6.07) is 4.57. The van der Waals surface area contributed by atoms with Gasteiger partial charge in [0, 0.05) is 26.6 Å². The molecule has 0 aromatic carbocycles. The average Bonchev–Trinajstić information content (AvgIpc) is 3.19. The van der Waals surface area contributed by atoms with Crippen molar-refractivity contribution in [3.63, 3.8) is 0 Å². The van der Waals surface area contributed by atoms with E-state index in [0.717, 1.165) is 57.9 Å². The molecule has 4 rings (SSSR count). The molecule has 0 radical (unpaired) electrons. The fraction of sp³-hybridized carbons (Fsp3) is 0.625. The minimum atomic E-state index is -0.161. The van der Waals surface area contributed by atoms with Crippen LogP contribution in [0.1, 0.15) is 24.5 Å². The predicted molar refractivity (Wildman–Crippen MR) is 83.2 cm³/mol. The molecule has 2 fully saturated rings. The van der Waals surface area contributed by atoms with Gasteiger partial charge in [-0.15, -0.1) is 5.10 Å². The molecule has 124 valence electrons. The van der Waals surface area contributed by atoms with Crippen LogP contribution >= 0.6 is 0 Å². The van der Waals surface area contributed by atoms with Crippen molar-refractivity contribution < 1.29 is 13.6 Å². The number of aromatic nitrogens is 2. The maximum Gasteiger partial charge on any atom is 0.318 e. The summed E-state index contributed by atoms with van der Waals surface area (Å²) in [6.07, 6.45) is 3.85. The van der Waals surface area contributed by atoms with Gasteiger partial charge in [-0.1, -0.05) is 5.10 Å². The molecule has 0 saturated carbocycles. The van der Waals surface area contributed by atoms with Crippen molar-refractivity contribution in [1.29, 1.82) is 0 Å². The molecule has 0 amide bonds. The molecule has 0 N–H and O–H groups in total. The Morgan fingerprint density at radius 1 is 1.26 bits per heavy atom. The lowest BCUT2D eigenvalue weighted by Crippen LogP contribution is -2.59. The smallest absolute Gasteiger partial charge is 0.318 e. The van der Waals surface area contributed by atoms with Gasteiger partial charge in [0.05, 0.1) is 31.6 Å². The van der Waals surface area contributed by atoms with Crippen molar-refractivity contribution in [3.8, 4) is 0 Å². The lowest BCUT2D eigenvalue weighted by molar-refractivity contribution is -0.117. The average molecular weight is 318 g/mol. The predicted octanol–water partition coefficient (Wildman–Crippen LogP) is 1.84. The van der Waals surface area contributed by atoms with Gasteiger partial charge < -0.3 is 18.5 Å². The molecule has 7 heteroatoms. The maximum atomic E-state index is 6.21. The molecule has 4 heterocycles. The summed E-state index contributed by atoms with van der Waals surface area (Å²) < 4.78 is 17.3. The molecule has 0 unspecified atom stereocenters. The van der Waals surface area contributed by atoms with Crippen molar-refractivity contribution in [2.24, 2.45) is 0 Å². The minimum absolute atomic E-state index is 0.161. The number of nitrogens with zero attached hydrogens (tertiary/aromatic N) is 4. The van der Waals surface area contributed by atoms with E-state index in [1.54, 1.807) is 6.26 Å². The third-order valence-electron chi connectivity index (χ3n) is 4.61. The molecule has 2 aromatic rings. The summed E-state index contributed by atoms with van der Waals surface area (Å²) in [5, 5.41) is 8.09. The molecule has 2 saturated heterocycles. The van der Waals surface area contributed by atoms with Crippen LogP contribution in [0.5, 0.6) is 0 Å². The van der Waals surface area contributed by atoms with E-state index in [1.165, 1.54) is 0 Å². The van der Waals surface area contributed by atoms with Crippen LogP contribution in [0.2, 0.25) is 0 Å². The monoisotopic (exact) mass is 318 g/mol. The highest BCUT2D eigenvalue weighted by Gasteiger charge is 2.41. The van der Waals surface area contributed by atoms with Crippen LogP contribution in [0.3, 0.4) is 0 Å². The normalized spacial score (nSPS) is 26.0. The number of hydrogen-bond acceptors (Lipinski definition) is 7. The molecular weight excluding hydrogens is 296 g/mol. The van der Waals surface area contributed by atoms with Crippen molar-refractivity contribution in [1.82, 2.24) is 15.1 Å². The van der Waals surface area contributed by atoms with Crippen LogP contribution in [0, 0.1) is 6.92 Å². The topological polar surface area (TPSA) is 67.8 Å². The van der Waals surface area contributed by atoms with Crippen LogP contribution in [-0.2, 0) is 11.3 Å². The van der Waals surface area contributed by atoms with Crippen molar-refractivity contribution in [3.05, 3.63) is 30.0 Å². The highest BCUT2D eigenvalue weighted by atomic mass is 16.5. The number of ether oxygens (including phenoxy) is 1. The van der Waals surface area contributed by atoms with Gasteiger partial charge in [0.15, 0.2) is 0 Å². The lowest BCUT2D eigenvalue weighted by Gasteiger charge is -2.47. The van der Waals surface area contributed by atoms with E-state index in [0.29, 0.717) is 11.9 Å². The number of furan rings is 1. The Morgan fingerprint density at radius 3 is 3.00 bits per heavy atom. The molecule has 1 spiro atoms. The molecule has 2 aromatic heterocycles. The van der Waals surface area contributed by atoms with E-state index in [4.69, 9.17) is 13.6 Å². The lowest BCUT2D eigenvalue weighted by atomic mass is 9.91. The van der Waals surface area contributed by atoms with E-state index < -0.39 is 0 Å². The number of morpholine rings is 1. The van der Waals surface area contributed by atoms with Gasteiger partial charge in [0.2, 0.25) is 5.89 Å². The first-order valence-corrected chi connectivity index (χ1v) is 8.16. The second-order valence-electron chi connectivity index (χ2n) is 6.45. The Labute approximate surface area is 135 Å². The fourth-order valence-electron chi connectivity index (χ4n) is 3.60. The van der Waals surface area contributed by atoms with E-state index >= 15 is 0 Å². The Kier molecular flexibility index (Phi) is 3.82. The quantitative estimate of drug-likeness (QED) is 0.855. The first-order valence-electron chi connectivity index (χ1n) is 8.16. The number of rotatable bonds is 3. The largest absolute Gasteiger partial charge is 0.468 e. The SMILES string of the molecule is Cc1nnc(N2CCC[C@]3(CN(Cc4ccco4)CCO3)C2)o1. The third-order valence-corrected chi connectivity index (χ3v) is 4.61. The molecule has 7 nitrogen and oxygen atoms in total. The molecule has 2 aliphatic heterocycles. The highest BCUT2D eigenvalue weighted by molar-refractivity contribution is 5.27. The van der Waals surface area contributed by atoms with Gasteiger partial charge in [-0.05, 0) is 25.0 Å². The summed E-state index contributed by atoms with van der Waals surface area (Å²) in [5.41, 5.74) is -0.161. The fourth-order valence-corrected chi connectivity index (χ4v) is 3.60. The van der Waals surface area contributed by atoms with Crippen molar-refractivity contribution in [2.75, 3.05) is 37.7 Å². The van der Waals surface area contributed by atoms with Gasteiger partial charge in [-0.25, -0.2) is 0 Å². The summed E-state index contributed by atoms with van der Waals surface area (Å²) in [4.78, 5) is 4.56. The zero-order valence-corrected chi connectivity index (χ0v) is 13.4. The Morgan fingerprint density at radius 2 is 2.22 bits per heavy atom. The number of hydrogen-bond donors (Lipinski definition) is 0. The second-order valence-corrected chi connectivity index (χ2v) is 6.45. The summed E-state index contributed by atoms with van der Waals surface area (Å²) in [7, 11) is 0. The number of piperidine rings is 1. The number of aryl methyl sites for hydroxylation is 1. The molecule has 0 bridgehead atoms. The molecular formula is C16H22N4O3. The van der Waals surface area contributed by atoms with Gasteiger partial charge in [0.25, 0.3) is 0 Å². The van der Waals surface area contributed by atoms with Crippen molar-refractivity contribution >= 4 is 6.01 Å². The van der Waals surface area contributed by atoms with Crippen LogP contribution in [0.15, 0.2) is 27.2 Å². The standard InChI is InChI=1S/C16H22N4O3/c1-13-17-18-15(23-13)20-6-3-5-16(12-20)11-19(7-9-22-16)10-14-4-2-8-21-14/h2,4,8H,3,5-7,9-12H2,1H3/t16-/m0/s1. The van der Waals surface area contributed by atoms with E-state index in [2.05, 4.69) is 20.0 Å². The number of anilines is 1. The van der Waals surface area contributed by atoms with Gasteiger partial charge in [-0.3, -0.25) is 4.90 Å². The first-order chi connectivity index (χ1) is 11.2. The molecule has 1 atom stereocenters. The molecule has 2 aliphatic rings. The molecule has 0 aliphatic carbocycles. The van der Waals surface area contributed by atoms with Gasteiger partial charge in [0.1, 0.15) is 5.76 Å². The Balaban J connectivity index is 1.46. The third kappa shape index (κ3) is 3.11. The zero-order chi connectivity index (χ0) is 15.7. The van der Waals surface area contributed by atoms with Crippen LogP contribution in [0.4, 0.5) is 6.01 Å². The van der Waals surface area contributed by atoms with E-state index in [1.807, 2.05) is 19.1 Å². The summed E-state index contributed by atoms with van der Waals surface area (Å²) >= 11 is 0. The van der Waals surface area contributed by atoms with E-state index in [-0.39, 0.29) is 5.60 Å². The Hall–Kier alpha value is -1.86. The second kappa shape index (κ2) is 5.98.